The van der Waals surface area contributed by atoms with Crippen LogP contribution in [0.25, 0.3) is 0 Å². The molecule has 1 aliphatic carbocycles. The highest BCUT2D eigenvalue weighted by Crippen LogP contribution is 2.32. The van der Waals surface area contributed by atoms with Gasteiger partial charge in [-0.15, -0.1) is 0 Å². The Hall–Kier alpha value is -2.38. The minimum atomic E-state index is -0.304. The van der Waals surface area contributed by atoms with Crippen LogP contribution >= 0.6 is 34.5 Å². The molecule has 0 fully saturated rings. The lowest BCUT2D eigenvalue weighted by molar-refractivity contribution is -0.137. The number of nitrogens with one attached hydrogen (secondary N) is 3. The first-order valence-electron chi connectivity index (χ1n) is 10.9. The Labute approximate surface area is 218 Å². The van der Waals surface area contributed by atoms with Gasteiger partial charge in [-0.05, 0) is 26.0 Å². The number of halogens is 2. The Balaban J connectivity index is 1.84. The highest BCUT2D eigenvalue weighted by Gasteiger charge is 2.38. The Morgan fingerprint density at radius 1 is 1.38 bits per heavy atom. The molecule has 2 atom stereocenters. The van der Waals surface area contributed by atoms with E-state index in [4.69, 9.17) is 16.3 Å². The molecule has 2 heterocycles. The highest BCUT2D eigenvalue weighted by atomic mass is 127. The number of hydrogen-bond acceptors (Lipinski definition) is 8. The maximum atomic E-state index is 13.0. The molecular weight excluding hydrogens is 573 g/mol. The van der Waals surface area contributed by atoms with Gasteiger partial charge in [0.25, 0.3) is 11.8 Å². The van der Waals surface area contributed by atoms with Crippen molar-refractivity contribution >= 4 is 58.0 Å². The van der Waals surface area contributed by atoms with Gasteiger partial charge in [0.1, 0.15) is 5.02 Å². The Bertz CT molecular complexity index is 1010. The first kappa shape index (κ1) is 26.2. The Morgan fingerprint density at radius 3 is 2.82 bits per heavy atom. The van der Waals surface area contributed by atoms with Gasteiger partial charge >= 0.3 is 0 Å². The van der Waals surface area contributed by atoms with E-state index in [0.29, 0.717) is 16.8 Å². The second kappa shape index (κ2) is 11.8. The number of anilines is 2. The molecule has 0 radical (unpaired) electrons. The number of carbonyl (C=O) groups is 2. The summed E-state index contributed by atoms with van der Waals surface area (Å²) in [5, 5.41) is 6.16. The second-order valence-corrected chi connectivity index (χ2v) is 9.31. The molecule has 184 valence electrons. The number of likely N-dealkylation sites (N-methyl/N-ethyl adjacent to an activating group) is 2. The van der Waals surface area contributed by atoms with Crippen molar-refractivity contribution in [3.63, 3.8) is 0 Å². The van der Waals surface area contributed by atoms with Crippen molar-refractivity contribution in [1.82, 2.24) is 23.7 Å². The molecule has 2 amide bonds. The molecule has 34 heavy (non-hydrogen) atoms. The van der Waals surface area contributed by atoms with Crippen LogP contribution in [-0.4, -0.2) is 72.6 Å². The molecule has 1 aliphatic heterocycles. The molecule has 3 N–H and O–H groups in total. The van der Waals surface area contributed by atoms with Crippen LogP contribution in [-0.2, 0) is 14.3 Å². The molecular formula is C22H29ClIN7O3. The second-order valence-electron chi connectivity index (χ2n) is 8.14. The van der Waals surface area contributed by atoms with Crippen molar-refractivity contribution in [3.05, 3.63) is 47.0 Å². The van der Waals surface area contributed by atoms with Gasteiger partial charge in [-0.1, -0.05) is 23.8 Å². The van der Waals surface area contributed by atoms with Crippen LogP contribution in [0.1, 0.15) is 13.8 Å². The average molecular weight is 602 g/mol. The number of aromatic nitrogens is 2. The van der Waals surface area contributed by atoms with Crippen LogP contribution in [0.3, 0.4) is 0 Å². The number of carbonyl (C=O) groups excluding carboxylic acids is 2. The summed E-state index contributed by atoms with van der Waals surface area (Å²) in [5.41, 5.74) is 0.782. The van der Waals surface area contributed by atoms with Gasteiger partial charge in [-0.25, -0.2) is 4.98 Å². The molecule has 2 unspecified atom stereocenters. The molecule has 1 aromatic heterocycles. The molecule has 12 heteroatoms. The van der Waals surface area contributed by atoms with Gasteiger partial charge in [0, 0.05) is 67.7 Å². The summed E-state index contributed by atoms with van der Waals surface area (Å²) in [5.74, 6) is 0.518. The van der Waals surface area contributed by atoms with Crippen molar-refractivity contribution in [3.8, 4) is 0 Å². The van der Waals surface area contributed by atoms with E-state index in [1.807, 2.05) is 44.0 Å². The van der Waals surface area contributed by atoms with E-state index in [0.717, 1.165) is 18.8 Å². The monoisotopic (exact) mass is 601 g/mol. The quantitative estimate of drug-likeness (QED) is 0.277. The zero-order valence-corrected chi connectivity index (χ0v) is 22.4. The largest absolute Gasteiger partial charge is 0.478 e. The predicted molar refractivity (Wildman–Crippen MR) is 141 cm³/mol. The van der Waals surface area contributed by atoms with Crippen LogP contribution in [0, 0.1) is 5.92 Å². The lowest BCUT2D eigenvalue weighted by atomic mass is 9.87. The van der Waals surface area contributed by atoms with Gasteiger partial charge in [0.05, 0.1) is 12.2 Å². The minimum Gasteiger partial charge on any atom is -0.478 e. The zero-order valence-electron chi connectivity index (χ0n) is 19.5. The average Bonchev–Trinajstić information content (AvgIpc) is 2.82. The van der Waals surface area contributed by atoms with Crippen molar-refractivity contribution < 1.29 is 14.3 Å². The lowest BCUT2D eigenvalue weighted by Gasteiger charge is -2.41. The normalized spacial score (nSPS) is 19.4. The van der Waals surface area contributed by atoms with E-state index in [1.54, 1.807) is 17.2 Å². The number of nitrogens with zero attached hydrogens (tertiary/aromatic N) is 4. The first-order chi connectivity index (χ1) is 16.2. The van der Waals surface area contributed by atoms with Crippen LogP contribution in [0.4, 0.5) is 11.8 Å². The van der Waals surface area contributed by atoms with Crippen molar-refractivity contribution in [2.24, 2.45) is 5.92 Å². The standard InChI is InChI=1S/C22H29ClIN7O3/c1-13(2)31-17-6-5-15(9-14(17)10-18(21(31)33)34-12-19(32)25-3)28-20-16(23)11-26-22(29-20)30(4)8-7-27-24/h5-6,9-11,13-14,17,27H,7-8,12H2,1-4H3,(H,25,32)(H,26,28,29). The Morgan fingerprint density at radius 2 is 2.15 bits per heavy atom. The fourth-order valence-electron chi connectivity index (χ4n) is 3.69. The van der Waals surface area contributed by atoms with Gasteiger partial charge in [0.2, 0.25) is 5.95 Å². The van der Waals surface area contributed by atoms with Gasteiger partial charge < -0.3 is 25.2 Å². The fourth-order valence-corrected chi connectivity index (χ4v) is 4.07. The van der Waals surface area contributed by atoms with E-state index < -0.39 is 0 Å². The van der Waals surface area contributed by atoms with Crippen LogP contribution < -0.4 is 19.1 Å². The van der Waals surface area contributed by atoms with E-state index in [1.165, 1.54) is 7.05 Å². The lowest BCUT2D eigenvalue weighted by Crippen LogP contribution is -2.51. The van der Waals surface area contributed by atoms with E-state index in [2.05, 4.69) is 47.0 Å². The summed E-state index contributed by atoms with van der Waals surface area (Å²) in [7, 11) is 3.43. The number of ether oxygens (including phenoxy) is 1. The molecule has 0 saturated heterocycles. The van der Waals surface area contributed by atoms with Crippen LogP contribution in [0.15, 0.2) is 42.0 Å². The summed E-state index contributed by atoms with van der Waals surface area (Å²) in [6.07, 6.45) is 9.22. The third-order valence-corrected chi connectivity index (χ3v) is 6.24. The van der Waals surface area contributed by atoms with Crippen molar-refractivity contribution in [2.75, 3.05) is 44.0 Å². The zero-order chi connectivity index (χ0) is 24.8. The SMILES string of the molecule is CNC(=O)COC1=CC2C=C(Nc3nc(N(C)CCNI)ncc3Cl)C=CC2N(C(C)C)C1=O. The molecule has 3 rings (SSSR count). The number of rotatable bonds is 10. The molecule has 10 nitrogen and oxygen atoms in total. The smallest absolute Gasteiger partial charge is 0.289 e. The van der Waals surface area contributed by atoms with E-state index in [9.17, 15) is 9.59 Å². The first-order valence-corrected chi connectivity index (χ1v) is 12.3. The molecule has 0 spiro atoms. The van der Waals surface area contributed by atoms with E-state index in [-0.39, 0.29) is 42.2 Å². The molecule has 0 saturated carbocycles. The molecule has 0 bridgehead atoms. The molecule has 1 aromatic rings. The predicted octanol–water partition coefficient (Wildman–Crippen LogP) is 2.25. The van der Waals surface area contributed by atoms with Gasteiger partial charge in [0.15, 0.2) is 18.2 Å². The van der Waals surface area contributed by atoms with E-state index >= 15 is 0 Å². The fraction of sp³-hybridized carbons (Fsp3) is 0.455. The van der Waals surface area contributed by atoms with Gasteiger partial charge in [-0.3, -0.25) is 13.1 Å². The van der Waals surface area contributed by atoms with Crippen LogP contribution in [0.2, 0.25) is 5.02 Å². The maximum Gasteiger partial charge on any atom is 0.289 e. The summed E-state index contributed by atoms with van der Waals surface area (Å²) in [6, 6.07) is -0.208. The number of allylic oxidation sites excluding steroid dienone is 1. The molecule has 0 aromatic carbocycles. The van der Waals surface area contributed by atoms with Crippen molar-refractivity contribution in [2.45, 2.75) is 25.9 Å². The maximum absolute atomic E-state index is 13.0. The minimum absolute atomic E-state index is 0.0497. The number of fused-ring (bicyclic) bond motifs is 1. The summed E-state index contributed by atoms with van der Waals surface area (Å²) in [4.78, 5) is 37.2. The summed E-state index contributed by atoms with van der Waals surface area (Å²) in [6.45, 7) is 5.20. The summed E-state index contributed by atoms with van der Waals surface area (Å²) < 4.78 is 8.63. The third-order valence-electron chi connectivity index (χ3n) is 5.42. The number of amides is 2. The van der Waals surface area contributed by atoms with Crippen molar-refractivity contribution in [1.29, 1.82) is 0 Å². The highest BCUT2D eigenvalue weighted by molar-refractivity contribution is 14.1. The van der Waals surface area contributed by atoms with Gasteiger partial charge in [-0.2, -0.15) is 4.98 Å². The van der Waals surface area contributed by atoms with Crippen LogP contribution in [0.5, 0.6) is 0 Å². The third kappa shape index (κ3) is 6.19. The molecule has 2 aliphatic rings. The Kier molecular flexibility index (Phi) is 9.14. The number of hydrogen-bond donors (Lipinski definition) is 3. The topological polar surface area (TPSA) is 112 Å². The summed E-state index contributed by atoms with van der Waals surface area (Å²) >= 11 is 8.46.